The van der Waals surface area contributed by atoms with E-state index >= 15 is 0 Å². The highest BCUT2D eigenvalue weighted by atomic mass is 19.3. The molecule has 0 aliphatic heterocycles. The van der Waals surface area contributed by atoms with E-state index in [2.05, 4.69) is 25.3 Å². The van der Waals surface area contributed by atoms with Gasteiger partial charge in [-0.3, -0.25) is 9.98 Å². The molecule has 0 aliphatic carbocycles. The molecular weight excluding hydrogens is 333 g/mol. The number of guanidine groups is 1. The summed E-state index contributed by atoms with van der Waals surface area (Å²) in [5, 5.41) is 5.90. The van der Waals surface area contributed by atoms with Crippen LogP contribution in [0.4, 0.5) is 13.2 Å². The lowest BCUT2D eigenvalue weighted by molar-refractivity contribution is -0.0504. The van der Waals surface area contributed by atoms with Crippen molar-refractivity contribution in [1.29, 1.82) is 0 Å². The van der Waals surface area contributed by atoms with E-state index in [-0.39, 0.29) is 24.5 Å². The number of ether oxygens (including phenoxy) is 1. The van der Waals surface area contributed by atoms with Crippen molar-refractivity contribution in [2.24, 2.45) is 4.99 Å². The number of rotatable bonds is 6. The molecule has 0 radical (unpaired) electrons. The minimum absolute atomic E-state index is 0.0966. The zero-order chi connectivity index (χ0) is 18.2. The van der Waals surface area contributed by atoms with E-state index < -0.39 is 12.4 Å². The zero-order valence-electron chi connectivity index (χ0n) is 13.9. The molecule has 1 aromatic heterocycles. The van der Waals surface area contributed by atoms with Gasteiger partial charge < -0.3 is 15.4 Å². The van der Waals surface area contributed by atoms with E-state index in [1.807, 2.05) is 6.92 Å². The number of aromatic nitrogens is 1. The van der Waals surface area contributed by atoms with Crippen molar-refractivity contribution in [3.63, 3.8) is 0 Å². The normalized spacial score (nSPS) is 11.5. The van der Waals surface area contributed by atoms with Crippen LogP contribution >= 0.6 is 0 Å². The molecule has 134 valence electrons. The van der Waals surface area contributed by atoms with E-state index in [9.17, 15) is 13.2 Å². The van der Waals surface area contributed by atoms with Crippen LogP contribution in [0.2, 0.25) is 0 Å². The molecule has 1 aromatic carbocycles. The molecule has 2 N–H and O–H groups in total. The predicted octanol–water partition coefficient (Wildman–Crippen LogP) is 3.00. The summed E-state index contributed by atoms with van der Waals surface area (Å²) in [6.45, 7) is -0.688. The van der Waals surface area contributed by atoms with Gasteiger partial charge in [0.2, 0.25) is 0 Å². The number of aryl methyl sites for hydroxylation is 1. The van der Waals surface area contributed by atoms with Crippen LogP contribution < -0.4 is 15.4 Å². The Hall–Kier alpha value is -2.77. The molecular formula is C17H19F3N4O. The lowest BCUT2D eigenvalue weighted by Crippen LogP contribution is -2.36. The Labute approximate surface area is 144 Å². The average Bonchev–Trinajstić information content (AvgIpc) is 2.58. The van der Waals surface area contributed by atoms with Crippen LogP contribution in [0.5, 0.6) is 5.75 Å². The number of alkyl halides is 2. The van der Waals surface area contributed by atoms with E-state index in [4.69, 9.17) is 0 Å². The first-order chi connectivity index (χ1) is 12.0. The molecule has 2 rings (SSSR count). The van der Waals surface area contributed by atoms with Gasteiger partial charge in [-0.15, -0.1) is 0 Å². The largest absolute Gasteiger partial charge is 0.434 e. The van der Waals surface area contributed by atoms with Gasteiger partial charge in [-0.05, 0) is 25.1 Å². The molecule has 0 saturated heterocycles. The van der Waals surface area contributed by atoms with Crippen LogP contribution in [0, 0.1) is 12.7 Å². The number of aliphatic imine (C=N–C) groups is 1. The maximum absolute atomic E-state index is 13.6. The topological polar surface area (TPSA) is 58.5 Å². The predicted molar refractivity (Wildman–Crippen MR) is 89.0 cm³/mol. The van der Waals surface area contributed by atoms with Gasteiger partial charge in [0.25, 0.3) is 0 Å². The van der Waals surface area contributed by atoms with E-state index in [0.29, 0.717) is 11.5 Å². The number of halogens is 3. The van der Waals surface area contributed by atoms with E-state index in [1.165, 1.54) is 24.4 Å². The second-order valence-corrected chi connectivity index (χ2v) is 5.20. The van der Waals surface area contributed by atoms with Crippen LogP contribution in [0.1, 0.15) is 16.8 Å². The highest BCUT2D eigenvalue weighted by Gasteiger charge is 2.11. The summed E-state index contributed by atoms with van der Waals surface area (Å²) >= 11 is 0. The Morgan fingerprint density at radius 1 is 1.24 bits per heavy atom. The van der Waals surface area contributed by atoms with E-state index in [1.54, 1.807) is 19.2 Å². The van der Waals surface area contributed by atoms with Gasteiger partial charge in [0.05, 0.1) is 12.2 Å². The summed E-state index contributed by atoms with van der Waals surface area (Å²) in [7, 11) is 1.55. The second kappa shape index (κ2) is 8.91. The lowest BCUT2D eigenvalue weighted by atomic mass is 10.1. The highest BCUT2D eigenvalue weighted by Crippen LogP contribution is 2.21. The maximum Gasteiger partial charge on any atom is 0.387 e. The second-order valence-electron chi connectivity index (χ2n) is 5.20. The minimum atomic E-state index is -2.90. The average molecular weight is 352 g/mol. The Kier molecular flexibility index (Phi) is 6.62. The van der Waals surface area contributed by atoms with Gasteiger partial charge in [-0.2, -0.15) is 8.78 Å². The van der Waals surface area contributed by atoms with Crippen molar-refractivity contribution in [2.75, 3.05) is 7.05 Å². The first kappa shape index (κ1) is 18.6. The number of benzene rings is 1. The summed E-state index contributed by atoms with van der Waals surface area (Å²) in [6.07, 6.45) is 1.50. The molecule has 2 aromatic rings. The van der Waals surface area contributed by atoms with Crippen molar-refractivity contribution < 1.29 is 17.9 Å². The Bertz CT molecular complexity index is 738. The molecule has 0 amide bonds. The van der Waals surface area contributed by atoms with Gasteiger partial charge in [0.15, 0.2) is 5.96 Å². The fourth-order valence-corrected chi connectivity index (χ4v) is 2.17. The third-order valence-electron chi connectivity index (χ3n) is 3.36. The molecule has 0 spiro atoms. The van der Waals surface area contributed by atoms with Crippen LogP contribution in [0.25, 0.3) is 0 Å². The van der Waals surface area contributed by atoms with Crippen molar-refractivity contribution in [3.05, 3.63) is 59.2 Å². The van der Waals surface area contributed by atoms with Crippen LogP contribution in [0.15, 0.2) is 41.5 Å². The van der Waals surface area contributed by atoms with Crippen LogP contribution in [0.3, 0.4) is 0 Å². The summed E-state index contributed by atoms with van der Waals surface area (Å²) in [6, 6.07) is 7.77. The van der Waals surface area contributed by atoms with Crippen molar-refractivity contribution in [2.45, 2.75) is 26.6 Å². The number of hydrogen-bond acceptors (Lipinski definition) is 3. The fraction of sp³-hybridized carbons (Fsp3) is 0.294. The molecule has 1 heterocycles. The number of pyridine rings is 1. The number of nitrogens with one attached hydrogen (secondary N) is 2. The summed E-state index contributed by atoms with van der Waals surface area (Å²) < 4.78 is 43.1. The maximum atomic E-state index is 13.6. The lowest BCUT2D eigenvalue weighted by Gasteiger charge is -2.15. The van der Waals surface area contributed by atoms with Crippen LogP contribution in [-0.2, 0) is 13.1 Å². The Morgan fingerprint density at radius 2 is 2.00 bits per heavy atom. The smallest absolute Gasteiger partial charge is 0.387 e. The van der Waals surface area contributed by atoms with Gasteiger partial charge in [-0.1, -0.05) is 17.7 Å². The van der Waals surface area contributed by atoms with Gasteiger partial charge in [0, 0.05) is 25.4 Å². The molecule has 25 heavy (non-hydrogen) atoms. The molecule has 0 atom stereocenters. The van der Waals surface area contributed by atoms with Gasteiger partial charge >= 0.3 is 6.61 Å². The molecule has 0 unspecified atom stereocenters. The number of hydrogen-bond donors (Lipinski definition) is 2. The Morgan fingerprint density at radius 3 is 2.68 bits per heavy atom. The minimum Gasteiger partial charge on any atom is -0.434 e. The first-order valence-electron chi connectivity index (χ1n) is 7.58. The van der Waals surface area contributed by atoms with E-state index in [0.717, 1.165) is 5.56 Å². The standard InChI is InChI=1S/C17H19F3N4O/c1-11-5-6-15(25-16(19)20)12(8-11)9-23-17(21-2)24-10-14-13(18)4-3-7-22-14/h3-8,16H,9-10H2,1-2H3,(H2,21,23,24). The third kappa shape index (κ3) is 5.66. The summed E-state index contributed by atoms with van der Waals surface area (Å²) in [4.78, 5) is 7.95. The summed E-state index contributed by atoms with van der Waals surface area (Å²) in [5.41, 5.74) is 1.73. The fourth-order valence-electron chi connectivity index (χ4n) is 2.17. The van der Waals surface area contributed by atoms with Crippen molar-refractivity contribution in [1.82, 2.24) is 15.6 Å². The zero-order valence-corrected chi connectivity index (χ0v) is 13.9. The van der Waals surface area contributed by atoms with Gasteiger partial charge in [-0.25, -0.2) is 4.39 Å². The summed E-state index contributed by atoms with van der Waals surface area (Å²) in [5.74, 6) is 0.0608. The number of nitrogens with zero attached hydrogens (tertiary/aromatic N) is 2. The van der Waals surface area contributed by atoms with Gasteiger partial charge in [0.1, 0.15) is 11.6 Å². The SMILES string of the molecule is CN=C(NCc1cc(C)ccc1OC(F)F)NCc1ncccc1F. The molecule has 0 aliphatic rings. The molecule has 0 saturated carbocycles. The monoisotopic (exact) mass is 352 g/mol. The molecule has 0 fully saturated rings. The third-order valence-corrected chi connectivity index (χ3v) is 3.36. The van der Waals surface area contributed by atoms with Crippen molar-refractivity contribution >= 4 is 5.96 Å². The first-order valence-corrected chi connectivity index (χ1v) is 7.58. The van der Waals surface area contributed by atoms with Crippen molar-refractivity contribution in [3.8, 4) is 5.75 Å². The highest BCUT2D eigenvalue weighted by molar-refractivity contribution is 5.79. The Balaban J connectivity index is 1.99. The quantitative estimate of drug-likeness (QED) is 0.620. The molecule has 8 heteroatoms. The van der Waals surface area contributed by atoms with Crippen LogP contribution in [-0.4, -0.2) is 24.6 Å². The molecule has 5 nitrogen and oxygen atoms in total. The molecule has 0 bridgehead atoms.